The molecule has 7 N–H and O–H groups in total. The summed E-state index contributed by atoms with van der Waals surface area (Å²) in [6.07, 6.45) is -3.65. The highest BCUT2D eigenvalue weighted by molar-refractivity contribution is 7.55. The number of quaternary nitrogens is 1. The van der Waals surface area contributed by atoms with Gasteiger partial charge in [0.1, 0.15) is 37.4 Å². The first-order chi connectivity index (χ1) is 17.9. The van der Waals surface area contributed by atoms with Crippen LogP contribution < -0.4 is 28.4 Å². The number of rotatable bonds is 9. The molecule has 2 aromatic rings. The van der Waals surface area contributed by atoms with E-state index in [-0.39, 0.29) is 24.0 Å². The van der Waals surface area contributed by atoms with E-state index in [0.717, 1.165) is 9.13 Å². The number of aliphatic hydroxyl groups is 2. The summed E-state index contributed by atoms with van der Waals surface area (Å²) in [7, 11) is -4.40. The fraction of sp³-hybridized carbons (Fsp3) is 0.600. The van der Waals surface area contributed by atoms with Crippen LogP contribution in [0.2, 0.25) is 0 Å². The fourth-order valence-electron chi connectivity index (χ4n) is 4.21. The zero-order valence-corrected chi connectivity index (χ0v) is 21.4. The summed E-state index contributed by atoms with van der Waals surface area (Å²) in [6.45, 7) is 1.96. The molecule has 1 radical (unpaired) electrons. The van der Waals surface area contributed by atoms with Gasteiger partial charge in [-0.05, 0) is 13.8 Å². The molecule has 17 nitrogen and oxygen atoms in total. The number of aryl methyl sites for hydroxylation is 2. The molecule has 7 atom stereocenters. The smallest absolute Gasteiger partial charge is 0.394 e. The fourth-order valence-corrected chi connectivity index (χ4v) is 5.29. The Morgan fingerprint density at radius 2 is 1.53 bits per heavy atom. The molecule has 4 heterocycles. The maximum Gasteiger partial charge on any atom is 0.666 e. The average molecular weight is 562 g/mol. The summed E-state index contributed by atoms with van der Waals surface area (Å²) in [5.41, 5.74) is -2.05. The van der Waals surface area contributed by atoms with Crippen molar-refractivity contribution in [2.75, 3.05) is 13.2 Å². The SMILES string of the molecule is Cc1cn([C@H]2C[C@H](O[P+]([O])(O[NH3+])OC[C@H]3O[C@@H](n4cc(C)c(=O)[nH]c4=O)C[C@@H]3O)[C@@H](CO)O2)c(=O)[nH]c1=O. The molecule has 0 saturated carbocycles. The second kappa shape index (κ2) is 11.3. The molecule has 0 bridgehead atoms. The minimum Gasteiger partial charge on any atom is -0.394 e. The van der Waals surface area contributed by atoms with Crippen LogP contribution in [0.4, 0.5) is 0 Å². The highest BCUT2D eigenvalue weighted by Crippen LogP contribution is 2.60. The lowest BCUT2D eigenvalue weighted by Crippen LogP contribution is -2.49. The number of H-pyrrole nitrogens is 2. The standard InChI is InChI=1S/C20H28N5O12P/c1-9-5-24(19(30)22-17(9)28)15-3-11(27)14(35-15)8-33-38(32,37-21)36-12-4-16(34-13(12)7-26)25-6-10(2)18(29)23-20(25)31/h5-6,11-16,26-27H,3-4,7-8H2,1-2,21H3,(H-,22,23,28,29,30,31)/q+1/p+1/t11-,12-,13+,14+,15+,16+,38?/m0/s1. The third-order valence-electron chi connectivity index (χ3n) is 6.30. The van der Waals surface area contributed by atoms with Crippen LogP contribution in [0.5, 0.6) is 0 Å². The van der Waals surface area contributed by atoms with Crippen LogP contribution in [0, 0.1) is 13.8 Å². The van der Waals surface area contributed by atoms with Crippen molar-refractivity contribution in [3.63, 3.8) is 0 Å². The van der Waals surface area contributed by atoms with Crippen LogP contribution in [-0.4, -0.2) is 66.9 Å². The second-order valence-corrected chi connectivity index (χ2v) is 10.6. The molecular weight excluding hydrogens is 533 g/mol. The predicted octanol–water partition coefficient (Wildman–Crippen LogP) is -2.68. The number of nitrogens with zero attached hydrogens (tertiary/aromatic N) is 2. The van der Waals surface area contributed by atoms with Gasteiger partial charge in [-0.25, -0.2) is 9.59 Å². The molecule has 2 aliphatic heterocycles. The summed E-state index contributed by atoms with van der Waals surface area (Å²) < 4.78 is 29.1. The number of aromatic amines is 2. The molecule has 1 unspecified atom stereocenters. The first-order valence-corrected chi connectivity index (χ1v) is 13.0. The van der Waals surface area contributed by atoms with Crippen molar-refractivity contribution in [3.8, 4) is 0 Å². The van der Waals surface area contributed by atoms with E-state index in [1.54, 1.807) is 0 Å². The van der Waals surface area contributed by atoms with E-state index < -0.39 is 80.8 Å². The maximum absolute atomic E-state index is 13.1. The zero-order valence-electron chi connectivity index (χ0n) is 20.5. The largest absolute Gasteiger partial charge is 0.666 e. The van der Waals surface area contributed by atoms with Gasteiger partial charge in [0.2, 0.25) is 0 Å². The Balaban J connectivity index is 1.42. The molecule has 2 aliphatic rings. The summed E-state index contributed by atoms with van der Waals surface area (Å²) >= 11 is 0. The molecule has 209 valence electrons. The number of aliphatic hydroxyl groups excluding tert-OH is 2. The summed E-state index contributed by atoms with van der Waals surface area (Å²) in [4.78, 5) is 65.1. The normalized spacial score (nSPS) is 29.0. The minimum absolute atomic E-state index is 0.0200. The minimum atomic E-state index is -4.40. The van der Waals surface area contributed by atoms with Gasteiger partial charge in [0.15, 0.2) is 0 Å². The highest BCUT2D eigenvalue weighted by atomic mass is 31.2. The summed E-state index contributed by atoms with van der Waals surface area (Å²) in [5, 5.41) is 20.1. The lowest BCUT2D eigenvalue weighted by Gasteiger charge is -2.18. The molecule has 0 amide bonds. The lowest BCUT2D eigenvalue weighted by atomic mass is 10.2. The molecular formula is C20H29N5O12P+2. The van der Waals surface area contributed by atoms with Gasteiger partial charge < -0.3 is 19.7 Å². The van der Waals surface area contributed by atoms with Crippen LogP contribution in [0.25, 0.3) is 0 Å². The van der Waals surface area contributed by atoms with Crippen LogP contribution in [0.3, 0.4) is 0 Å². The first-order valence-electron chi connectivity index (χ1n) is 11.6. The Kier molecular flexibility index (Phi) is 8.43. The highest BCUT2D eigenvalue weighted by Gasteiger charge is 2.58. The summed E-state index contributed by atoms with van der Waals surface area (Å²) in [6, 6.07) is 0. The second-order valence-electron chi connectivity index (χ2n) is 8.95. The third-order valence-corrected chi connectivity index (χ3v) is 7.61. The topological polar surface area (TPSA) is 244 Å². The van der Waals surface area contributed by atoms with Crippen molar-refractivity contribution in [2.45, 2.75) is 63.6 Å². The quantitative estimate of drug-likeness (QED) is 0.156. The molecule has 0 aromatic carbocycles. The molecule has 2 aromatic heterocycles. The molecule has 0 spiro atoms. The van der Waals surface area contributed by atoms with Crippen molar-refractivity contribution in [2.24, 2.45) is 0 Å². The molecule has 2 fully saturated rings. The van der Waals surface area contributed by atoms with Crippen LogP contribution in [-0.2, 0) is 28.0 Å². The van der Waals surface area contributed by atoms with Crippen LogP contribution in [0.15, 0.2) is 31.6 Å². The summed E-state index contributed by atoms with van der Waals surface area (Å²) in [5.74, 6) is 3.13. The zero-order chi connectivity index (χ0) is 27.8. The van der Waals surface area contributed by atoms with Crippen molar-refractivity contribution in [1.82, 2.24) is 19.1 Å². The number of nitrogens with one attached hydrogen (secondary N) is 2. The van der Waals surface area contributed by atoms with E-state index in [9.17, 15) is 34.3 Å². The Morgan fingerprint density at radius 3 is 2.05 bits per heavy atom. The van der Waals surface area contributed by atoms with E-state index in [0.29, 0.717) is 0 Å². The molecule has 38 heavy (non-hydrogen) atoms. The van der Waals surface area contributed by atoms with Crippen LogP contribution in [0.1, 0.15) is 36.4 Å². The predicted molar refractivity (Wildman–Crippen MR) is 125 cm³/mol. The van der Waals surface area contributed by atoms with Crippen molar-refractivity contribution in [1.29, 1.82) is 0 Å². The van der Waals surface area contributed by atoms with E-state index in [2.05, 4.69) is 15.9 Å². The van der Waals surface area contributed by atoms with E-state index in [1.165, 1.54) is 26.2 Å². The third kappa shape index (κ3) is 5.86. The van der Waals surface area contributed by atoms with E-state index in [4.69, 9.17) is 23.1 Å². The van der Waals surface area contributed by atoms with E-state index in [1.807, 2.05) is 0 Å². The number of aromatic nitrogens is 4. The van der Waals surface area contributed by atoms with Gasteiger partial charge in [0, 0.05) is 41.0 Å². The van der Waals surface area contributed by atoms with Gasteiger partial charge in [0.05, 0.1) is 17.6 Å². The number of hydrogen-bond acceptors (Lipinski definition) is 11. The van der Waals surface area contributed by atoms with Gasteiger partial charge >= 0.3 is 19.5 Å². The Hall–Kier alpha value is -2.57. The molecule has 4 rings (SSSR count). The van der Waals surface area contributed by atoms with Crippen molar-refractivity contribution in [3.05, 3.63) is 65.2 Å². The van der Waals surface area contributed by atoms with Gasteiger partial charge in [0.25, 0.3) is 11.1 Å². The molecule has 2 saturated heterocycles. The van der Waals surface area contributed by atoms with Crippen molar-refractivity contribution >= 4 is 8.17 Å². The molecule has 18 heteroatoms. The van der Waals surface area contributed by atoms with Gasteiger partial charge in [-0.3, -0.25) is 28.7 Å². The lowest BCUT2D eigenvalue weighted by molar-refractivity contribution is -0.647. The Labute approximate surface area is 213 Å². The maximum atomic E-state index is 13.1. The van der Waals surface area contributed by atoms with E-state index >= 15 is 0 Å². The number of hydrogen-bond donors (Lipinski definition) is 5. The van der Waals surface area contributed by atoms with Gasteiger partial charge in [-0.2, -0.15) is 5.90 Å². The molecule has 0 aliphatic carbocycles. The van der Waals surface area contributed by atoms with Crippen LogP contribution >= 0.6 is 8.17 Å². The first kappa shape index (κ1) is 28.4. The van der Waals surface area contributed by atoms with Gasteiger partial charge in [-0.1, -0.05) is 0 Å². The number of ether oxygens (including phenoxy) is 2. The monoisotopic (exact) mass is 562 g/mol. The van der Waals surface area contributed by atoms with Crippen molar-refractivity contribution < 1.29 is 44.1 Å². The Morgan fingerprint density at radius 1 is 1.00 bits per heavy atom. The Bertz CT molecular complexity index is 1390. The van der Waals surface area contributed by atoms with Gasteiger partial charge in [-0.15, -0.1) is 9.05 Å². The average Bonchev–Trinajstić information content (AvgIpc) is 3.44.